The minimum absolute atomic E-state index is 0.213. The molecule has 0 aliphatic rings. The fraction of sp³-hybridized carbons (Fsp3) is 0.167. The van der Waals surface area contributed by atoms with Gasteiger partial charge in [-0.25, -0.2) is 0 Å². The van der Waals surface area contributed by atoms with E-state index in [1.807, 2.05) is 18.2 Å². The van der Waals surface area contributed by atoms with E-state index in [1.165, 1.54) is 15.6 Å². The number of Topliss-reactive ketones (excluding diaryl/α,β-unsaturated/α-hetero) is 1. The average Bonchev–Trinajstić information content (AvgIpc) is 2.96. The molecule has 0 unspecified atom stereocenters. The van der Waals surface area contributed by atoms with Gasteiger partial charge in [0.1, 0.15) is 0 Å². The number of carbonyl (C=O) groups excluding carboxylic acids is 1. The zero-order chi connectivity index (χ0) is 13.9. The van der Waals surface area contributed by atoms with Crippen molar-refractivity contribution in [2.45, 2.75) is 19.8 Å². The van der Waals surface area contributed by atoms with Crippen LogP contribution < -0.4 is 0 Å². The number of hydrogen-bond donors (Lipinski definition) is 0. The molecule has 0 aliphatic carbocycles. The Hall–Kier alpha value is -1.93. The Kier molecular flexibility index (Phi) is 3.66. The number of benzene rings is 2. The van der Waals surface area contributed by atoms with Crippen LogP contribution in [0.1, 0.15) is 27.0 Å². The first-order chi connectivity index (χ1) is 9.76. The van der Waals surface area contributed by atoms with Gasteiger partial charge in [0, 0.05) is 11.3 Å². The smallest absolute Gasteiger partial charge is 0.177 e. The van der Waals surface area contributed by atoms with Crippen molar-refractivity contribution in [3.8, 4) is 0 Å². The minimum atomic E-state index is 0.213. The van der Waals surface area contributed by atoms with Gasteiger partial charge in [-0.15, -0.1) is 11.3 Å². The van der Waals surface area contributed by atoms with Crippen LogP contribution in [0.5, 0.6) is 0 Å². The highest BCUT2D eigenvalue weighted by Crippen LogP contribution is 2.21. The van der Waals surface area contributed by atoms with Crippen LogP contribution in [0.3, 0.4) is 0 Å². The molecule has 0 bridgehead atoms. The van der Waals surface area contributed by atoms with Gasteiger partial charge in [-0.3, -0.25) is 4.79 Å². The van der Waals surface area contributed by atoms with E-state index in [0.29, 0.717) is 6.42 Å². The van der Waals surface area contributed by atoms with Gasteiger partial charge in [-0.2, -0.15) is 0 Å². The molecule has 0 amide bonds. The Morgan fingerprint density at radius 3 is 2.55 bits per heavy atom. The second kappa shape index (κ2) is 5.59. The van der Waals surface area contributed by atoms with Crippen molar-refractivity contribution in [2.75, 3.05) is 0 Å². The van der Waals surface area contributed by atoms with Gasteiger partial charge in [-0.05, 0) is 34.9 Å². The van der Waals surface area contributed by atoms with Crippen molar-refractivity contribution in [1.82, 2.24) is 0 Å². The molecule has 3 aromatic rings. The first-order valence-electron chi connectivity index (χ1n) is 6.86. The summed E-state index contributed by atoms with van der Waals surface area (Å²) in [6.07, 6.45) is 1.47. The van der Waals surface area contributed by atoms with E-state index < -0.39 is 0 Å². The molecule has 0 fully saturated rings. The van der Waals surface area contributed by atoms with Gasteiger partial charge in [-0.1, -0.05) is 49.4 Å². The van der Waals surface area contributed by atoms with E-state index in [9.17, 15) is 4.79 Å². The zero-order valence-corrected chi connectivity index (χ0v) is 12.2. The van der Waals surface area contributed by atoms with E-state index >= 15 is 0 Å². The molecule has 100 valence electrons. The molecule has 0 N–H and O–H groups in total. The Balaban J connectivity index is 1.83. The first kappa shape index (κ1) is 13.1. The summed E-state index contributed by atoms with van der Waals surface area (Å²) in [5, 5.41) is 2.41. The van der Waals surface area contributed by atoms with Crippen molar-refractivity contribution in [1.29, 1.82) is 0 Å². The van der Waals surface area contributed by atoms with Crippen molar-refractivity contribution in [3.63, 3.8) is 0 Å². The lowest BCUT2D eigenvalue weighted by atomic mass is 10.0. The van der Waals surface area contributed by atoms with Crippen LogP contribution in [0.2, 0.25) is 0 Å². The maximum absolute atomic E-state index is 12.3. The van der Waals surface area contributed by atoms with Crippen molar-refractivity contribution in [3.05, 3.63) is 69.9 Å². The molecule has 20 heavy (non-hydrogen) atoms. The number of aryl methyl sites for hydroxylation is 1. The van der Waals surface area contributed by atoms with Gasteiger partial charge < -0.3 is 0 Å². The third-order valence-corrected chi connectivity index (χ3v) is 4.73. The second-order valence-corrected chi connectivity index (χ2v) is 6.07. The monoisotopic (exact) mass is 280 g/mol. The quantitative estimate of drug-likeness (QED) is 0.622. The lowest BCUT2D eigenvalue weighted by molar-refractivity contribution is 0.0997. The predicted octanol–water partition coefficient (Wildman–Crippen LogP) is 4.89. The zero-order valence-electron chi connectivity index (χ0n) is 11.4. The summed E-state index contributed by atoms with van der Waals surface area (Å²) in [6, 6.07) is 18.5. The molecule has 0 spiro atoms. The first-order valence-corrected chi connectivity index (χ1v) is 7.67. The van der Waals surface area contributed by atoms with Gasteiger partial charge in [0.2, 0.25) is 0 Å². The standard InChI is InChI=1S/C18H16OS/c1-2-16-9-10-18(20-16)17(19)12-13-7-8-14-5-3-4-6-15(14)11-13/h3-11H,2,12H2,1H3. The van der Waals surface area contributed by atoms with Crippen LogP contribution in [0, 0.1) is 0 Å². The molecular weight excluding hydrogens is 264 g/mol. The molecule has 2 aromatic carbocycles. The lowest BCUT2D eigenvalue weighted by Gasteiger charge is -2.02. The Labute approximate surface area is 122 Å². The summed E-state index contributed by atoms with van der Waals surface area (Å²) in [5.41, 5.74) is 1.08. The molecule has 1 aromatic heterocycles. The third kappa shape index (κ3) is 2.66. The maximum atomic E-state index is 12.3. The summed E-state index contributed by atoms with van der Waals surface area (Å²) in [6.45, 7) is 2.11. The van der Waals surface area contributed by atoms with Crippen molar-refractivity contribution >= 4 is 27.9 Å². The van der Waals surface area contributed by atoms with E-state index in [4.69, 9.17) is 0 Å². The molecule has 0 radical (unpaired) electrons. The van der Waals surface area contributed by atoms with Gasteiger partial charge >= 0.3 is 0 Å². The van der Waals surface area contributed by atoms with E-state index in [-0.39, 0.29) is 5.78 Å². The lowest BCUT2D eigenvalue weighted by Crippen LogP contribution is -2.00. The average molecular weight is 280 g/mol. The SMILES string of the molecule is CCc1ccc(C(=O)Cc2ccc3ccccc3c2)s1. The molecule has 1 nitrogen and oxygen atoms in total. The summed E-state index contributed by atoms with van der Waals surface area (Å²) >= 11 is 1.61. The summed E-state index contributed by atoms with van der Waals surface area (Å²) in [5.74, 6) is 0.213. The molecule has 0 atom stereocenters. The van der Waals surface area contributed by atoms with Crippen molar-refractivity contribution < 1.29 is 4.79 Å². The van der Waals surface area contributed by atoms with Crippen LogP contribution in [-0.2, 0) is 12.8 Å². The number of hydrogen-bond acceptors (Lipinski definition) is 2. The van der Waals surface area contributed by atoms with Crippen LogP contribution in [0.15, 0.2) is 54.6 Å². The molecular formula is C18H16OS. The highest BCUT2D eigenvalue weighted by molar-refractivity contribution is 7.14. The predicted molar refractivity (Wildman–Crippen MR) is 85.7 cm³/mol. The molecule has 3 rings (SSSR count). The highest BCUT2D eigenvalue weighted by Gasteiger charge is 2.10. The van der Waals surface area contributed by atoms with Crippen LogP contribution in [-0.4, -0.2) is 5.78 Å². The molecule has 2 heteroatoms. The fourth-order valence-corrected chi connectivity index (χ4v) is 3.22. The Morgan fingerprint density at radius 1 is 1.00 bits per heavy atom. The van der Waals surface area contributed by atoms with E-state index in [1.54, 1.807) is 11.3 Å². The summed E-state index contributed by atoms with van der Waals surface area (Å²) in [4.78, 5) is 14.4. The topological polar surface area (TPSA) is 17.1 Å². The number of thiophene rings is 1. The summed E-state index contributed by atoms with van der Waals surface area (Å²) in [7, 11) is 0. The largest absolute Gasteiger partial charge is 0.293 e. The highest BCUT2D eigenvalue weighted by atomic mass is 32.1. The maximum Gasteiger partial charge on any atom is 0.177 e. The number of rotatable bonds is 4. The Morgan fingerprint density at radius 2 is 1.80 bits per heavy atom. The number of fused-ring (bicyclic) bond motifs is 1. The molecule has 0 saturated carbocycles. The van der Waals surface area contributed by atoms with Crippen LogP contribution in [0.4, 0.5) is 0 Å². The van der Waals surface area contributed by atoms with Crippen LogP contribution >= 0.6 is 11.3 Å². The normalized spacial score (nSPS) is 10.8. The third-order valence-electron chi connectivity index (χ3n) is 3.46. The van der Waals surface area contributed by atoms with Gasteiger partial charge in [0.05, 0.1) is 4.88 Å². The van der Waals surface area contributed by atoms with E-state index in [2.05, 4.69) is 43.3 Å². The fourth-order valence-electron chi connectivity index (χ4n) is 2.34. The van der Waals surface area contributed by atoms with Crippen molar-refractivity contribution in [2.24, 2.45) is 0 Å². The molecule has 1 heterocycles. The second-order valence-electron chi connectivity index (χ2n) is 4.90. The number of carbonyl (C=O) groups is 1. The number of ketones is 1. The molecule has 0 aliphatic heterocycles. The summed E-state index contributed by atoms with van der Waals surface area (Å²) < 4.78 is 0. The van der Waals surface area contributed by atoms with Gasteiger partial charge in [0.25, 0.3) is 0 Å². The van der Waals surface area contributed by atoms with Crippen LogP contribution in [0.25, 0.3) is 10.8 Å². The van der Waals surface area contributed by atoms with E-state index in [0.717, 1.165) is 16.9 Å². The molecule has 0 saturated heterocycles. The van der Waals surface area contributed by atoms with Gasteiger partial charge in [0.15, 0.2) is 5.78 Å². The Bertz CT molecular complexity index is 755. The minimum Gasteiger partial charge on any atom is -0.293 e.